The molecular formula is C25H24N4O2. The molecule has 6 heteroatoms. The third kappa shape index (κ3) is 6.72. The highest BCUT2D eigenvalue weighted by Crippen LogP contribution is 2.19. The van der Waals surface area contributed by atoms with E-state index in [1.165, 1.54) is 0 Å². The lowest BCUT2D eigenvalue weighted by Crippen LogP contribution is -2.32. The van der Waals surface area contributed by atoms with Crippen molar-refractivity contribution in [3.05, 3.63) is 84.9 Å². The summed E-state index contributed by atoms with van der Waals surface area (Å²) in [6.07, 6.45) is 0.370. The maximum Gasteiger partial charge on any atom is 0.227 e. The topological polar surface area (TPSA) is 85.2 Å². The Morgan fingerprint density at radius 3 is 2.00 bits per heavy atom. The number of nitriles is 1. The molecule has 0 saturated heterocycles. The quantitative estimate of drug-likeness (QED) is 0.512. The number of nitrogens with one attached hydrogen (secondary N) is 2. The van der Waals surface area contributed by atoms with Gasteiger partial charge < -0.3 is 15.5 Å². The maximum absolute atomic E-state index is 12.7. The SMILES string of the molecule is N#CCCN(C(=O)CCC(=O)Nc1ccc(Nc2ccccc2)cc1)c1ccccc1. The van der Waals surface area contributed by atoms with E-state index in [0.29, 0.717) is 12.2 Å². The molecule has 3 aromatic carbocycles. The molecule has 0 heterocycles. The van der Waals surface area contributed by atoms with Crippen LogP contribution >= 0.6 is 0 Å². The summed E-state index contributed by atoms with van der Waals surface area (Å²) in [5.41, 5.74) is 3.29. The lowest BCUT2D eigenvalue weighted by molar-refractivity contribution is -0.122. The molecule has 2 amide bonds. The second-order valence-electron chi connectivity index (χ2n) is 6.91. The first-order chi connectivity index (χ1) is 15.2. The zero-order valence-corrected chi connectivity index (χ0v) is 17.1. The molecular weight excluding hydrogens is 388 g/mol. The first kappa shape index (κ1) is 21.6. The van der Waals surface area contributed by atoms with Crippen molar-refractivity contribution in [3.63, 3.8) is 0 Å². The fourth-order valence-electron chi connectivity index (χ4n) is 3.07. The Balaban J connectivity index is 1.51. The molecule has 0 fully saturated rings. The van der Waals surface area contributed by atoms with Crippen LogP contribution in [0.2, 0.25) is 0 Å². The van der Waals surface area contributed by atoms with Gasteiger partial charge in [-0.05, 0) is 48.5 Å². The number of amides is 2. The number of carbonyl (C=O) groups excluding carboxylic acids is 2. The molecule has 0 atom stereocenters. The van der Waals surface area contributed by atoms with Crippen LogP contribution in [0.1, 0.15) is 19.3 Å². The van der Waals surface area contributed by atoms with Crippen LogP contribution in [0.3, 0.4) is 0 Å². The summed E-state index contributed by atoms with van der Waals surface area (Å²) in [5, 5.41) is 15.0. The predicted octanol–water partition coefficient (Wildman–Crippen LogP) is 5.10. The van der Waals surface area contributed by atoms with Gasteiger partial charge in [0.25, 0.3) is 0 Å². The fraction of sp³-hybridized carbons (Fsp3) is 0.160. The van der Waals surface area contributed by atoms with Crippen LogP contribution in [-0.2, 0) is 9.59 Å². The van der Waals surface area contributed by atoms with Gasteiger partial charge in [-0.1, -0.05) is 36.4 Å². The summed E-state index contributed by atoms with van der Waals surface area (Å²) in [6.45, 7) is 0.302. The molecule has 31 heavy (non-hydrogen) atoms. The van der Waals surface area contributed by atoms with Crippen molar-refractivity contribution >= 4 is 34.6 Å². The lowest BCUT2D eigenvalue weighted by atomic mass is 10.2. The average Bonchev–Trinajstić information content (AvgIpc) is 2.81. The number of anilines is 4. The summed E-state index contributed by atoms with van der Waals surface area (Å²) in [6, 6.07) is 28.5. The summed E-state index contributed by atoms with van der Waals surface area (Å²) < 4.78 is 0. The summed E-state index contributed by atoms with van der Waals surface area (Å²) in [5.74, 6) is -0.413. The number of benzene rings is 3. The fourth-order valence-corrected chi connectivity index (χ4v) is 3.07. The Morgan fingerprint density at radius 2 is 1.35 bits per heavy atom. The van der Waals surface area contributed by atoms with Gasteiger partial charge >= 0.3 is 0 Å². The van der Waals surface area contributed by atoms with Crippen molar-refractivity contribution in [2.45, 2.75) is 19.3 Å². The van der Waals surface area contributed by atoms with Crippen LogP contribution in [0.5, 0.6) is 0 Å². The Kier molecular flexibility index (Phi) is 7.78. The number of rotatable bonds is 9. The molecule has 0 aliphatic carbocycles. The van der Waals surface area contributed by atoms with Crippen molar-refractivity contribution in [2.24, 2.45) is 0 Å². The van der Waals surface area contributed by atoms with E-state index in [4.69, 9.17) is 5.26 Å². The summed E-state index contributed by atoms with van der Waals surface area (Å²) in [4.78, 5) is 26.5. The average molecular weight is 412 g/mol. The predicted molar refractivity (Wildman–Crippen MR) is 123 cm³/mol. The highest BCUT2D eigenvalue weighted by molar-refractivity contribution is 5.98. The van der Waals surface area contributed by atoms with Gasteiger partial charge in [0.1, 0.15) is 0 Å². The van der Waals surface area contributed by atoms with E-state index in [1.807, 2.05) is 84.9 Å². The highest BCUT2D eigenvalue weighted by Gasteiger charge is 2.16. The Bertz CT molecular complexity index is 1030. The van der Waals surface area contributed by atoms with Gasteiger partial charge in [0.15, 0.2) is 0 Å². The third-order valence-corrected chi connectivity index (χ3v) is 4.61. The van der Waals surface area contributed by atoms with E-state index in [2.05, 4.69) is 16.7 Å². The molecule has 0 radical (unpaired) electrons. The minimum atomic E-state index is -0.231. The second kappa shape index (κ2) is 11.2. The first-order valence-electron chi connectivity index (χ1n) is 10.1. The van der Waals surface area contributed by atoms with Gasteiger partial charge in [-0.25, -0.2) is 0 Å². The first-order valence-corrected chi connectivity index (χ1v) is 10.1. The van der Waals surface area contributed by atoms with E-state index < -0.39 is 0 Å². The maximum atomic E-state index is 12.7. The summed E-state index contributed by atoms with van der Waals surface area (Å²) in [7, 11) is 0. The molecule has 0 aliphatic rings. The Morgan fingerprint density at radius 1 is 0.774 bits per heavy atom. The van der Waals surface area contributed by atoms with Gasteiger partial charge in [-0.3, -0.25) is 9.59 Å². The van der Waals surface area contributed by atoms with E-state index in [-0.39, 0.29) is 31.1 Å². The second-order valence-corrected chi connectivity index (χ2v) is 6.91. The zero-order valence-electron chi connectivity index (χ0n) is 17.1. The monoisotopic (exact) mass is 412 g/mol. The molecule has 3 rings (SSSR count). The molecule has 0 spiro atoms. The van der Waals surface area contributed by atoms with Crippen LogP contribution < -0.4 is 15.5 Å². The third-order valence-electron chi connectivity index (χ3n) is 4.61. The minimum Gasteiger partial charge on any atom is -0.356 e. The van der Waals surface area contributed by atoms with Gasteiger partial charge in [-0.2, -0.15) is 5.26 Å². The highest BCUT2D eigenvalue weighted by atomic mass is 16.2. The van der Waals surface area contributed by atoms with Crippen LogP contribution in [0.25, 0.3) is 0 Å². The van der Waals surface area contributed by atoms with Crippen molar-refractivity contribution in [1.29, 1.82) is 5.26 Å². The molecule has 6 nitrogen and oxygen atoms in total. The molecule has 0 aromatic heterocycles. The normalized spacial score (nSPS) is 10.0. The number of hydrogen-bond donors (Lipinski definition) is 2. The number of hydrogen-bond acceptors (Lipinski definition) is 4. The van der Waals surface area contributed by atoms with Crippen molar-refractivity contribution in [2.75, 3.05) is 22.1 Å². The van der Waals surface area contributed by atoms with Crippen LogP contribution in [0.15, 0.2) is 84.9 Å². The zero-order chi connectivity index (χ0) is 21.9. The summed E-state index contributed by atoms with van der Waals surface area (Å²) >= 11 is 0. The van der Waals surface area contributed by atoms with Crippen molar-refractivity contribution < 1.29 is 9.59 Å². The van der Waals surface area contributed by atoms with Crippen LogP contribution in [0.4, 0.5) is 22.7 Å². The molecule has 2 N–H and O–H groups in total. The lowest BCUT2D eigenvalue weighted by Gasteiger charge is -2.21. The van der Waals surface area contributed by atoms with E-state index in [1.54, 1.807) is 4.90 Å². The Hall–Kier alpha value is -4.11. The number of para-hydroxylation sites is 2. The molecule has 0 saturated carbocycles. The minimum absolute atomic E-state index is 0.0682. The molecule has 0 unspecified atom stereocenters. The van der Waals surface area contributed by atoms with Gasteiger partial charge in [0.05, 0.1) is 12.5 Å². The number of carbonyl (C=O) groups is 2. The largest absolute Gasteiger partial charge is 0.356 e. The van der Waals surface area contributed by atoms with Gasteiger partial charge in [0, 0.05) is 42.1 Å². The molecule has 0 aliphatic heterocycles. The van der Waals surface area contributed by atoms with E-state index >= 15 is 0 Å². The smallest absolute Gasteiger partial charge is 0.227 e. The molecule has 156 valence electrons. The Labute approximate surface area is 182 Å². The van der Waals surface area contributed by atoms with E-state index in [9.17, 15) is 9.59 Å². The number of nitrogens with zero attached hydrogens (tertiary/aromatic N) is 2. The van der Waals surface area contributed by atoms with Crippen LogP contribution in [-0.4, -0.2) is 18.4 Å². The van der Waals surface area contributed by atoms with Gasteiger partial charge in [-0.15, -0.1) is 0 Å². The van der Waals surface area contributed by atoms with Gasteiger partial charge in [0.2, 0.25) is 11.8 Å². The molecule has 0 bridgehead atoms. The molecule has 3 aromatic rings. The van der Waals surface area contributed by atoms with Crippen LogP contribution in [0, 0.1) is 11.3 Å². The standard InChI is InChI=1S/C25H24N4O2/c26-18-7-19-29(23-10-5-2-6-11-23)25(31)17-16-24(30)28-22-14-12-21(13-15-22)27-20-8-3-1-4-9-20/h1-6,8-15,27H,7,16-17,19H2,(H,28,30). The van der Waals surface area contributed by atoms with Crippen molar-refractivity contribution in [3.8, 4) is 6.07 Å². The van der Waals surface area contributed by atoms with Crippen molar-refractivity contribution in [1.82, 2.24) is 0 Å². The van der Waals surface area contributed by atoms with E-state index in [0.717, 1.165) is 17.1 Å².